The van der Waals surface area contributed by atoms with Gasteiger partial charge in [0.05, 0.1) is 6.04 Å². The summed E-state index contributed by atoms with van der Waals surface area (Å²) < 4.78 is 0. The van der Waals surface area contributed by atoms with Crippen molar-refractivity contribution < 1.29 is 4.79 Å². The molecule has 1 aromatic heterocycles. The van der Waals surface area contributed by atoms with Gasteiger partial charge in [-0.05, 0) is 25.7 Å². The first-order valence-electron chi connectivity index (χ1n) is 8.07. The van der Waals surface area contributed by atoms with Crippen LogP contribution in [0.15, 0.2) is 12.4 Å². The summed E-state index contributed by atoms with van der Waals surface area (Å²) in [5, 5.41) is 0. The van der Waals surface area contributed by atoms with E-state index in [-0.39, 0.29) is 12.1 Å². The van der Waals surface area contributed by atoms with E-state index in [4.69, 9.17) is 0 Å². The van der Waals surface area contributed by atoms with E-state index in [1.807, 2.05) is 11.9 Å². The molecule has 0 bridgehead atoms. The normalized spacial score (nSPS) is 21.6. The first-order chi connectivity index (χ1) is 10.6. The SMILES string of the molecule is CN(C)C(=O)N(C)C1CCCN(c2cc(C3CC3)ncn2)C1. The van der Waals surface area contributed by atoms with Crippen molar-refractivity contribution in [2.75, 3.05) is 39.1 Å². The van der Waals surface area contributed by atoms with Crippen molar-refractivity contribution in [1.29, 1.82) is 0 Å². The summed E-state index contributed by atoms with van der Waals surface area (Å²) in [7, 11) is 5.49. The average Bonchev–Trinajstić information content (AvgIpc) is 3.38. The van der Waals surface area contributed by atoms with Gasteiger partial charge >= 0.3 is 6.03 Å². The molecule has 22 heavy (non-hydrogen) atoms. The Morgan fingerprint density at radius 2 is 2.00 bits per heavy atom. The minimum absolute atomic E-state index is 0.0632. The molecule has 0 aromatic carbocycles. The van der Waals surface area contributed by atoms with Crippen molar-refractivity contribution in [3.8, 4) is 0 Å². The summed E-state index contributed by atoms with van der Waals surface area (Å²) in [5.41, 5.74) is 1.17. The molecule has 3 rings (SSSR count). The molecule has 2 fully saturated rings. The second kappa shape index (κ2) is 6.10. The van der Waals surface area contributed by atoms with Gasteiger partial charge < -0.3 is 14.7 Å². The highest BCUT2D eigenvalue weighted by molar-refractivity contribution is 5.74. The average molecular weight is 303 g/mol. The molecule has 6 heteroatoms. The van der Waals surface area contributed by atoms with Crippen LogP contribution in [0.4, 0.5) is 10.6 Å². The Labute approximate surface area is 132 Å². The molecule has 1 saturated carbocycles. The first-order valence-corrected chi connectivity index (χ1v) is 8.07. The quantitative estimate of drug-likeness (QED) is 0.856. The maximum Gasteiger partial charge on any atom is 0.319 e. The largest absolute Gasteiger partial charge is 0.354 e. The van der Waals surface area contributed by atoms with E-state index in [9.17, 15) is 4.79 Å². The van der Waals surface area contributed by atoms with Crippen LogP contribution in [-0.4, -0.2) is 66.1 Å². The molecule has 1 aliphatic heterocycles. The van der Waals surface area contributed by atoms with Crippen LogP contribution in [0.5, 0.6) is 0 Å². The van der Waals surface area contributed by atoms with Crippen molar-refractivity contribution in [1.82, 2.24) is 19.8 Å². The van der Waals surface area contributed by atoms with Crippen LogP contribution in [0.3, 0.4) is 0 Å². The molecule has 1 atom stereocenters. The maximum absolute atomic E-state index is 12.1. The molecule has 1 aromatic rings. The van der Waals surface area contributed by atoms with Crippen molar-refractivity contribution in [3.05, 3.63) is 18.1 Å². The predicted octanol–water partition coefficient (Wildman–Crippen LogP) is 1.94. The van der Waals surface area contributed by atoms with Gasteiger partial charge in [0, 0.05) is 51.9 Å². The molecule has 6 nitrogen and oxygen atoms in total. The van der Waals surface area contributed by atoms with Gasteiger partial charge in [-0.25, -0.2) is 14.8 Å². The number of rotatable bonds is 3. The van der Waals surface area contributed by atoms with E-state index in [1.165, 1.54) is 18.5 Å². The Bertz CT molecular complexity index is 543. The van der Waals surface area contributed by atoms with E-state index in [0.29, 0.717) is 5.92 Å². The standard InChI is InChI=1S/C16H25N5O/c1-19(2)16(22)20(3)13-5-4-8-21(10-13)15-9-14(12-6-7-12)17-11-18-15/h9,11-13H,4-8,10H2,1-3H3. The van der Waals surface area contributed by atoms with E-state index < -0.39 is 0 Å². The van der Waals surface area contributed by atoms with Gasteiger partial charge in [0.2, 0.25) is 0 Å². The highest BCUT2D eigenvalue weighted by Gasteiger charge is 2.29. The number of hydrogen-bond donors (Lipinski definition) is 0. The number of likely N-dealkylation sites (N-methyl/N-ethyl adjacent to an activating group) is 1. The molecule has 0 N–H and O–H groups in total. The van der Waals surface area contributed by atoms with Crippen molar-refractivity contribution >= 4 is 11.8 Å². The lowest BCUT2D eigenvalue weighted by atomic mass is 10.0. The maximum atomic E-state index is 12.1. The third-order valence-electron chi connectivity index (χ3n) is 4.62. The number of nitrogens with zero attached hydrogens (tertiary/aromatic N) is 5. The van der Waals surface area contributed by atoms with Crippen LogP contribution in [0.25, 0.3) is 0 Å². The molecule has 0 spiro atoms. The molecule has 120 valence electrons. The number of urea groups is 1. The number of anilines is 1. The lowest BCUT2D eigenvalue weighted by Gasteiger charge is -2.39. The monoisotopic (exact) mass is 303 g/mol. The highest BCUT2D eigenvalue weighted by Crippen LogP contribution is 2.39. The lowest BCUT2D eigenvalue weighted by molar-refractivity contribution is 0.157. The van der Waals surface area contributed by atoms with Gasteiger partial charge in [0.25, 0.3) is 0 Å². The van der Waals surface area contributed by atoms with Crippen LogP contribution in [0, 0.1) is 0 Å². The molecule has 2 heterocycles. The number of aromatic nitrogens is 2. The topological polar surface area (TPSA) is 52.6 Å². The van der Waals surface area contributed by atoms with Gasteiger partial charge in [0.15, 0.2) is 0 Å². The summed E-state index contributed by atoms with van der Waals surface area (Å²) >= 11 is 0. The smallest absolute Gasteiger partial charge is 0.319 e. The molecule has 1 unspecified atom stereocenters. The lowest BCUT2D eigenvalue weighted by Crippen LogP contribution is -2.51. The summed E-state index contributed by atoms with van der Waals surface area (Å²) in [6, 6.07) is 2.43. The molecule has 2 aliphatic rings. The molecule has 1 saturated heterocycles. The fourth-order valence-corrected chi connectivity index (χ4v) is 3.09. The Kier molecular flexibility index (Phi) is 4.18. The molecule has 0 radical (unpaired) electrons. The Hall–Kier alpha value is -1.85. The second-order valence-electron chi connectivity index (χ2n) is 6.61. The number of amides is 2. The van der Waals surface area contributed by atoms with E-state index in [1.54, 1.807) is 25.3 Å². The summed E-state index contributed by atoms with van der Waals surface area (Å²) in [6.45, 7) is 1.85. The van der Waals surface area contributed by atoms with Gasteiger partial charge in [-0.15, -0.1) is 0 Å². The summed E-state index contributed by atoms with van der Waals surface area (Å²) in [6.07, 6.45) is 6.31. The number of hydrogen-bond acceptors (Lipinski definition) is 4. The van der Waals surface area contributed by atoms with Gasteiger partial charge in [-0.1, -0.05) is 0 Å². The van der Waals surface area contributed by atoms with Crippen LogP contribution >= 0.6 is 0 Å². The zero-order chi connectivity index (χ0) is 15.7. The predicted molar refractivity (Wildman–Crippen MR) is 86.1 cm³/mol. The Morgan fingerprint density at radius 3 is 2.68 bits per heavy atom. The van der Waals surface area contributed by atoms with Gasteiger partial charge in [-0.3, -0.25) is 0 Å². The third-order valence-corrected chi connectivity index (χ3v) is 4.62. The minimum atomic E-state index is 0.0632. The molecule has 1 aliphatic carbocycles. The second-order valence-corrected chi connectivity index (χ2v) is 6.61. The third kappa shape index (κ3) is 3.15. The Morgan fingerprint density at radius 1 is 1.23 bits per heavy atom. The van der Waals surface area contributed by atoms with Crippen molar-refractivity contribution in [2.24, 2.45) is 0 Å². The van der Waals surface area contributed by atoms with E-state index in [0.717, 1.165) is 31.7 Å². The van der Waals surface area contributed by atoms with Crippen molar-refractivity contribution in [3.63, 3.8) is 0 Å². The van der Waals surface area contributed by atoms with Gasteiger partial charge in [0.1, 0.15) is 12.1 Å². The van der Waals surface area contributed by atoms with Crippen LogP contribution in [0.2, 0.25) is 0 Å². The van der Waals surface area contributed by atoms with Crippen molar-refractivity contribution in [2.45, 2.75) is 37.6 Å². The van der Waals surface area contributed by atoms with Crippen LogP contribution in [0.1, 0.15) is 37.3 Å². The molecular formula is C16H25N5O. The molecular weight excluding hydrogens is 278 g/mol. The number of piperidine rings is 1. The first kappa shape index (κ1) is 15.1. The molecule has 2 amide bonds. The zero-order valence-corrected chi connectivity index (χ0v) is 13.7. The summed E-state index contributed by atoms with van der Waals surface area (Å²) in [5.74, 6) is 1.65. The van der Waals surface area contributed by atoms with E-state index in [2.05, 4.69) is 20.9 Å². The van der Waals surface area contributed by atoms with Gasteiger partial charge in [-0.2, -0.15) is 0 Å². The van der Waals surface area contributed by atoms with Crippen LogP contribution < -0.4 is 4.90 Å². The minimum Gasteiger partial charge on any atom is -0.354 e. The Balaban J connectivity index is 1.70. The highest BCUT2D eigenvalue weighted by atomic mass is 16.2. The fourth-order valence-electron chi connectivity index (χ4n) is 3.09. The number of carbonyl (C=O) groups excluding carboxylic acids is 1. The zero-order valence-electron chi connectivity index (χ0n) is 13.7. The van der Waals surface area contributed by atoms with Crippen LogP contribution in [-0.2, 0) is 0 Å². The van der Waals surface area contributed by atoms with E-state index >= 15 is 0 Å². The fraction of sp³-hybridized carbons (Fsp3) is 0.688. The number of carbonyl (C=O) groups is 1. The summed E-state index contributed by atoms with van der Waals surface area (Å²) in [4.78, 5) is 26.8.